The maximum Gasteiger partial charge on any atom is 0.318 e. The van der Waals surface area contributed by atoms with E-state index in [9.17, 15) is 4.79 Å². The first-order valence-corrected chi connectivity index (χ1v) is 10.6. The fourth-order valence-corrected chi connectivity index (χ4v) is 3.57. The lowest BCUT2D eigenvalue weighted by Gasteiger charge is -2.20. The first kappa shape index (κ1) is 20.9. The largest absolute Gasteiger partial charge is 0.491 e. The van der Waals surface area contributed by atoms with Crippen molar-refractivity contribution in [3.8, 4) is 5.75 Å². The monoisotopic (exact) mass is 416 g/mol. The standard InChI is InChI=1S/C26H28N2O3/c1-20-7-9-22(10-8-20)18-30-19-23-11-12-25-24(15-23)17-28(13-14-31-25)26(29)27-16-21-5-3-2-4-6-21/h2-12,15H,13-14,16-19H2,1H3,(H,27,29). The Balaban J connectivity index is 1.34. The second kappa shape index (κ2) is 10.1. The number of aryl methyl sites for hydroxylation is 1. The number of carbonyl (C=O) groups is 1. The molecule has 0 saturated carbocycles. The molecule has 0 bridgehead atoms. The summed E-state index contributed by atoms with van der Waals surface area (Å²) in [5.74, 6) is 0.834. The van der Waals surface area contributed by atoms with Crippen LogP contribution in [0.15, 0.2) is 72.8 Å². The predicted molar refractivity (Wildman–Crippen MR) is 121 cm³/mol. The number of nitrogens with zero attached hydrogens (tertiary/aromatic N) is 1. The highest BCUT2D eigenvalue weighted by Gasteiger charge is 2.20. The normalized spacial score (nSPS) is 13.1. The highest BCUT2D eigenvalue weighted by Crippen LogP contribution is 2.25. The molecule has 0 aromatic heterocycles. The van der Waals surface area contributed by atoms with Crippen molar-refractivity contribution >= 4 is 6.03 Å². The van der Waals surface area contributed by atoms with Crippen molar-refractivity contribution in [2.45, 2.75) is 33.2 Å². The summed E-state index contributed by atoms with van der Waals surface area (Å²) < 4.78 is 11.8. The van der Waals surface area contributed by atoms with Gasteiger partial charge in [-0.2, -0.15) is 0 Å². The molecule has 0 radical (unpaired) electrons. The second-order valence-electron chi connectivity index (χ2n) is 7.83. The summed E-state index contributed by atoms with van der Waals surface area (Å²) >= 11 is 0. The van der Waals surface area contributed by atoms with Gasteiger partial charge in [-0.15, -0.1) is 0 Å². The minimum atomic E-state index is -0.0821. The quantitative estimate of drug-likeness (QED) is 0.627. The van der Waals surface area contributed by atoms with Gasteiger partial charge in [0.05, 0.1) is 26.3 Å². The summed E-state index contributed by atoms with van der Waals surface area (Å²) in [6, 6.07) is 24.3. The minimum Gasteiger partial charge on any atom is -0.491 e. The third kappa shape index (κ3) is 5.86. The lowest BCUT2D eigenvalue weighted by Crippen LogP contribution is -2.40. The molecule has 1 aliphatic heterocycles. The zero-order chi connectivity index (χ0) is 21.5. The Morgan fingerprint density at radius 1 is 0.968 bits per heavy atom. The number of urea groups is 1. The second-order valence-corrected chi connectivity index (χ2v) is 7.83. The Morgan fingerprint density at radius 3 is 2.52 bits per heavy atom. The molecule has 5 nitrogen and oxygen atoms in total. The summed E-state index contributed by atoms with van der Waals surface area (Å²) in [6.45, 7) is 5.22. The molecule has 0 atom stereocenters. The molecule has 160 valence electrons. The van der Waals surface area contributed by atoms with Crippen molar-refractivity contribution < 1.29 is 14.3 Å². The molecular weight excluding hydrogens is 388 g/mol. The minimum absolute atomic E-state index is 0.0821. The van der Waals surface area contributed by atoms with E-state index in [1.165, 1.54) is 5.56 Å². The van der Waals surface area contributed by atoms with Gasteiger partial charge in [-0.05, 0) is 35.7 Å². The van der Waals surface area contributed by atoms with Crippen LogP contribution in [-0.2, 0) is 31.0 Å². The molecule has 1 aliphatic rings. The number of amides is 2. The van der Waals surface area contributed by atoms with Crippen molar-refractivity contribution in [2.75, 3.05) is 13.2 Å². The van der Waals surface area contributed by atoms with Crippen molar-refractivity contribution in [2.24, 2.45) is 0 Å². The van der Waals surface area contributed by atoms with E-state index in [0.717, 1.165) is 28.0 Å². The third-order valence-electron chi connectivity index (χ3n) is 5.34. The van der Waals surface area contributed by atoms with Crippen LogP contribution in [0.3, 0.4) is 0 Å². The number of ether oxygens (including phenoxy) is 2. The molecular formula is C26H28N2O3. The molecule has 0 spiro atoms. The highest BCUT2D eigenvalue weighted by molar-refractivity contribution is 5.74. The first-order chi connectivity index (χ1) is 15.2. The van der Waals surface area contributed by atoms with E-state index in [0.29, 0.717) is 39.5 Å². The van der Waals surface area contributed by atoms with Crippen LogP contribution in [0.2, 0.25) is 0 Å². The number of fused-ring (bicyclic) bond motifs is 1. The zero-order valence-electron chi connectivity index (χ0n) is 17.8. The Kier molecular flexibility index (Phi) is 6.85. The molecule has 1 N–H and O–H groups in total. The van der Waals surface area contributed by atoms with Gasteiger partial charge in [0.2, 0.25) is 0 Å². The Morgan fingerprint density at radius 2 is 1.71 bits per heavy atom. The lowest BCUT2D eigenvalue weighted by atomic mass is 10.1. The number of benzene rings is 3. The van der Waals surface area contributed by atoms with Gasteiger partial charge in [-0.3, -0.25) is 0 Å². The smallest absolute Gasteiger partial charge is 0.318 e. The Hall–Kier alpha value is -3.31. The van der Waals surface area contributed by atoms with Crippen molar-refractivity contribution in [3.05, 3.63) is 101 Å². The maximum atomic E-state index is 12.7. The zero-order valence-corrected chi connectivity index (χ0v) is 17.8. The number of hydrogen-bond donors (Lipinski definition) is 1. The van der Waals surface area contributed by atoms with E-state index >= 15 is 0 Å². The van der Waals surface area contributed by atoms with E-state index in [4.69, 9.17) is 9.47 Å². The lowest BCUT2D eigenvalue weighted by molar-refractivity contribution is 0.107. The van der Waals surface area contributed by atoms with Crippen LogP contribution in [0.4, 0.5) is 4.79 Å². The van der Waals surface area contributed by atoms with Crippen molar-refractivity contribution in [1.82, 2.24) is 10.2 Å². The van der Waals surface area contributed by atoms with Gasteiger partial charge >= 0.3 is 6.03 Å². The molecule has 0 fully saturated rings. The molecule has 31 heavy (non-hydrogen) atoms. The SMILES string of the molecule is Cc1ccc(COCc2ccc3c(c2)CN(C(=O)NCc2ccccc2)CCO3)cc1. The van der Waals surface area contributed by atoms with Crippen LogP contribution in [0.1, 0.15) is 27.8 Å². The summed E-state index contributed by atoms with van der Waals surface area (Å²) in [4.78, 5) is 14.5. The molecule has 0 aliphatic carbocycles. The molecule has 4 rings (SSSR count). The van der Waals surface area contributed by atoms with Crippen LogP contribution in [0.25, 0.3) is 0 Å². The third-order valence-corrected chi connectivity index (χ3v) is 5.34. The molecule has 2 amide bonds. The summed E-state index contributed by atoms with van der Waals surface area (Å²) in [5.41, 5.74) is 5.55. The fourth-order valence-electron chi connectivity index (χ4n) is 3.57. The van der Waals surface area contributed by atoms with E-state index < -0.39 is 0 Å². The van der Waals surface area contributed by atoms with Crippen LogP contribution in [-0.4, -0.2) is 24.1 Å². The van der Waals surface area contributed by atoms with Crippen molar-refractivity contribution in [3.63, 3.8) is 0 Å². The van der Waals surface area contributed by atoms with E-state index in [-0.39, 0.29) is 6.03 Å². The Labute approximate surface area is 183 Å². The van der Waals surface area contributed by atoms with Crippen LogP contribution < -0.4 is 10.1 Å². The molecule has 5 heteroatoms. The predicted octanol–water partition coefficient (Wildman–Crippen LogP) is 4.82. The molecule has 1 heterocycles. The molecule has 0 saturated heterocycles. The van der Waals surface area contributed by atoms with Gasteiger partial charge in [0.1, 0.15) is 12.4 Å². The summed E-state index contributed by atoms with van der Waals surface area (Å²) in [5, 5.41) is 3.00. The van der Waals surface area contributed by atoms with Gasteiger partial charge in [0, 0.05) is 12.1 Å². The number of hydrogen-bond acceptors (Lipinski definition) is 3. The van der Waals surface area contributed by atoms with Crippen LogP contribution >= 0.6 is 0 Å². The number of nitrogens with one attached hydrogen (secondary N) is 1. The summed E-state index contributed by atoms with van der Waals surface area (Å²) in [6.07, 6.45) is 0. The highest BCUT2D eigenvalue weighted by atomic mass is 16.5. The average molecular weight is 417 g/mol. The van der Waals surface area contributed by atoms with Crippen LogP contribution in [0.5, 0.6) is 5.75 Å². The Bertz CT molecular complexity index is 1000. The summed E-state index contributed by atoms with van der Waals surface area (Å²) in [7, 11) is 0. The fraction of sp³-hybridized carbons (Fsp3) is 0.269. The molecule has 3 aromatic rings. The van der Waals surface area contributed by atoms with Gasteiger partial charge in [0.15, 0.2) is 0 Å². The van der Waals surface area contributed by atoms with E-state index in [1.807, 2.05) is 42.5 Å². The number of carbonyl (C=O) groups excluding carboxylic acids is 1. The van der Waals surface area contributed by atoms with Crippen LogP contribution in [0, 0.1) is 6.92 Å². The molecule has 0 unspecified atom stereocenters. The number of rotatable bonds is 6. The average Bonchev–Trinajstić information content (AvgIpc) is 3.02. The maximum absolute atomic E-state index is 12.7. The van der Waals surface area contributed by atoms with Crippen molar-refractivity contribution in [1.29, 1.82) is 0 Å². The first-order valence-electron chi connectivity index (χ1n) is 10.6. The molecule has 3 aromatic carbocycles. The topological polar surface area (TPSA) is 50.8 Å². The van der Waals surface area contributed by atoms with Gasteiger partial charge < -0.3 is 19.7 Å². The van der Waals surface area contributed by atoms with Gasteiger partial charge in [-0.25, -0.2) is 4.79 Å². The van der Waals surface area contributed by atoms with E-state index in [2.05, 4.69) is 42.6 Å². The van der Waals surface area contributed by atoms with Gasteiger partial charge in [-0.1, -0.05) is 66.2 Å². The van der Waals surface area contributed by atoms with Gasteiger partial charge in [0.25, 0.3) is 0 Å². The van der Waals surface area contributed by atoms with E-state index in [1.54, 1.807) is 4.90 Å².